The van der Waals surface area contributed by atoms with Gasteiger partial charge in [-0.05, 0) is 64.5 Å². The third kappa shape index (κ3) is 3.98. The van der Waals surface area contributed by atoms with Gasteiger partial charge in [0.15, 0.2) is 11.5 Å². The molecule has 0 atom stereocenters. The smallest absolute Gasteiger partial charge is 0.170 e. The minimum absolute atomic E-state index is 0.260. The Bertz CT molecular complexity index is 1060. The number of hydrogen-bond acceptors (Lipinski definition) is 2. The van der Waals surface area contributed by atoms with E-state index in [1.807, 2.05) is 30.3 Å². The highest BCUT2D eigenvalue weighted by Crippen LogP contribution is 2.54. The molecule has 0 N–H and O–H groups in total. The molecule has 0 aromatic heterocycles. The maximum absolute atomic E-state index is 13.6. The fourth-order valence-electron chi connectivity index (χ4n) is 4.10. The Kier molecular flexibility index (Phi) is 5.63. The summed E-state index contributed by atoms with van der Waals surface area (Å²) in [7, 11) is 0. The van der Waals surface area contributed by atoms with E-state index in [0.717, 1.165) is 33.3 Å². The number of hydrogen-bond donors (Lipinski definition) is 0. The average molecular weight is 469 g/mol. The molecule has 0 radical (unpaired) electrons. The zero-order chi connectivity index (χ0) is 21.5. The first-order valence-corrected chi connectivity index (χ1v) is 11.1. The molecular weight excluding hydrogens is 443 g/mol. The molecule has 0 amide bonds. The minimum Gasteiger partial charge on any atom is -0.484 e. The highest BCUT2D eigenvalue weighted by atomic mass is 79.9. The molecule has 1 heterocycles. The van der Waals surface area contributed by atoms with E-state index in [2.05, 4.69) is 43.6 Å². The first kappa shape index (κ1) is 20.9. The Balaban J connectivity index is 1.92. The van der Waals surface area contributed by atoms with Crippen molar-refractivity contribution in [2.45, 2.75) is 52.2 Å². The molecular formula is C26H26BrFO2. The Hall–Kier alpha value is -2.33. The average Bonchev–Trinajstić information content (AvgIpc) is 3.01. The summed E-state index contributed by atoms with van der Waals surface area (Å²) in [5.41, 5.74) is 4.99. The van der Waals surface area contributed by atoms with Gasteiger partial charge < -0.3 is 9.47 Å². The maximum atomic E-state index is 13.6. The molecule has 4 heteroatoms. The summed E-state index contributed by atoms with van der Waals surface area (Å²) in [6.45, 7) is 9.00. The summed E-state index contributed by atoms with van der Waals surface area (Å²) in [4.78, 5) is 0. The molecule has 30 heavy (non-hydrogen) atoms. The van der Waals surface area contributed by atoms with Gasteiger partial charge in [0, 0.05) is 22.0 Å². The van der Waals surface area contributed by atoms with E-state index < -0.39 is 0 Å². The maximum Gasteiger partial charge on any atom is 0.170 e. The molecule has 0 aliphatic carbocycles. The second-order valence-corrected chi connectivity index (χ2v) is 9.51. The van der Waals surface area contributed by atoms with Crippen LogP contribution in [0.3, 0.4) is 0 Å². The van der Waals surface area contributed by atoms with Gasteiger partial charge in [-0.1, -0.05) is 56.3 Å². The lowest BCUT2D eigenvalue weighted by molar-refractivity contribution is 0.131. The fraction of sp³-hybridized carbons (Fsp3) is 0.308. The SMILES string of the molecule is CC(C)c1c(Br)c(-c2ccc(F)cc2)c(OCc2ccccc2)c2c1CC(C)(C)O2. The molecule has 0 spiro atoms. The second-order valence-electron chi connectivity index (χ2n) is 8.71. The van der Waals surface area contributed by atoms with Crippen molar-refractivity contribution in [1.29, 1.82) is 0 Å². The van der Waals surface area contributed by atoms with Gasteiger partial charge in [0.25, 0.3) is 0 Å². The highest BCUT2D eigenvalue weighted by molar-refractivity contribution is 9.10. The summed E-state index contributed by atoms with van der Waals surface area (Å²) >= 11 is 3.88. The Morgan fingerprint density at radius 2 is 1.73 bits per heavy atom. The van der Waals surface area contributed by atoms with E-state index >= 15 is 0 Å². The van der Waals surface area contributed by atoms with E-state index in [0.29, 0.717) is 18.3 Å². The van der Waals surface area contributed by atoms with E-state index in [4.69, 9.17) is 9.47 Å². The van der Waals surface area contributed by atoms with Crippen molar-refractivity contribution in [3.63, 3.8) is 0 Å². The molecule has 0 saturated heterocycles. The van der Waals surface area contributed by atoms with E-state index in [9.17, 15) is 4.39 Å². The van der Waals surface area contributed by atoms with Crippen LogP contribution in [-0.4, -0.2) is 5.60 Å². The standard InChI is InChI=1S/C26H26BrFO2/c1-16(2)21-20-14-26(3,4)30-24(20)25(29-15-17-8-6-5-7-9-17)22(23(21)27)18-10-12-19(28)13-11-18/h5-13,16H,14-15H2,1-4H3. The van der Waals surface area contributed by atoms with Crippen molar-refractivity contribution in [2.75, 3.05) is 0 Å². The lowest BCUT2D eigenvalue weighted by Crippen LogP contribution is -2.25. The minimum atomic E-state index is -0.308. The third-order valence-corrected chi connectivity index (χ3v) is 6.23. The molecule has 4 rings (SSSR count). The van der Waals surface area contributed by atoms with Crippen LogP contribution in [0.5, 0.6) is 11.5 Å². The first-order valence-electron chi connectivity index (χ1n) is 10.3. The Morgan fingerprint density at radius 1 is 1.07 bits per heavy atom. The van der Waals surface area contributed by atoms with E-state index in [1.165, 1.54) is 23.3 Å². The summed E-state index contributed by atoms with van der Waals surface area (Å²) in [6, 6.07) is 16.6. The number of rotatable bonds is 5. The molecule has 3 aromatic rings. The highest BCUT2D eigenvalue weighted by Gasteiger charge is 2.38. The Morgan fingerprint density at radius 3 is 2.37 bits per heavy atom. The predicted octanol–water partition coefficient (Wildman–Crippen LogP) is 7.67. The van der Waals surface area contributed by atoms with Crippen LogP contribution in [0.4, 0.5) is 4.39 Å². The van der Waals surface area contributed by atoms with Gasteiger partial charge >= 0.3 is 0 Å². The van der Waals surface area contributed by atoms with Crippen LogP contribution in [0.1, 0.15) is 50.3 Å². The molecule has 1 aliphatic rings. The van der Waals surface area contributed by atoms with Crippen LogP contribution >= 0.6 is 15.9 Å². The van der Waals surface area contributed by atoms with Crippen molar-refractivity contribution in [3.05, 3.63) is 81.6 Å². The molecule has 3 aromatic carbocycles. The zero-order valence-electron chi connectivity index (χ0n) is 17.8. The van der Waals surface area contributed by atoms with Crippen LogP contribution in [0.15, 0.2) is 59.1 Å². The molecule has 0 unspecified atom stereocenters. The monoisotopic (exact) mass is 468 g/mol. The Labute approximate surface area is 186 Å². The largest absolute Gasteiger partial charge is 0.484 e. The molecule has 0 bridgehead atoms. The number of ether oxygens (including phenoxy) is 2. The zero-order valence-corrected chi connectivity index (χ0v) is 19.3. The number of benzene rings is 3. The molecule has 156 valence electrons. The van der Waals surface area contributed by atoms with Gasteiger partial charge in [-0.2, -0.15) is 0 Å². The van der Waals surface area contributed by atoms with Crippen LogP contribution in [0.2, 0.25) is 0 Å². The van der Waals surface area contributed by atoms with Gasteiger partial charge in [-0.25, -0.2) is 4.39 Å². The summed E-state index contributed by atoms with van der Waals surface area (Å²) < 4.78 is 27.5. The summed E-state index contributed by atoms with van der Waals surface area (Å²) in [6.07, 6.45) is 0.819. The predicted molar refractivity (Wildman–Crippen MR) is 123 cm³/mol. The van der Waals surface area contributed by atoms with Crippen molar-refractivity contribution in [1.82, 2.24) is 0 Å². The van der Waals surface area contributed by atoms with Crippen LogP contribution in [0.25, 0.3) is 11.1 Å². The van der Waals surface area contributed by atoms with Crippen molar-refractivity contribution in [3.8, 4) is 22.6 Å². The first-order chi connectivity index (χ1) is 14.3. The number of halogens is 2. The summed E-state index contributed by atoms with van der Waals surface area (Å²) in [5, 5.41) is 0. The molecule has 1 aliphatic heterocycles. The topological polar surface area (TPSA) is 18.5 Å². The lowest BCUT2D eigenvalue weighted by Gasteiger charge is -2.23. The molecule has 0 saturated carbocycles. The van der Waals surface area contributed by atoms with Gasteiger partial charge in [-0.3, -0.25) is 0 Å². The van der Waals surface area contributed by atoms with Gasteiger partial charge in [0.2, 0.25) is 0 Å². The normalized spacial score (nSPS) is 14.5. The van der Waals surface area contributed by atoms with Crippen molar-refractivity contribution in [2.24, 2.45) is 0 Å². The van der Waals surface area contributed by atoms with Crippen LogP contribution in [-0.2, 0) is 13.0 Å². The number of fused-ring (bicyclic) bond motifs is 1. The van der Waals surface area contributed by atoms with Crippen LogP contribution in [0, 0.1) is 5.82 Å². The van der Waals surface area contributed by atoms with E-state index in [1.54, 1.807) is 12.1 Å². The van der Waals surface area contributed by atoms with Gasteiger partial charge in [0.1, 0.15) is 18.0 Å². The molecule has 2 nitrogen and oxygen atoms in total. The fourth-order valence-corrected chi connectivity index (χ4v) is 5.21. The molecule has 0 fully saturated rings. The van der Waals surface area contributed by atoms with Crippen molar-refractivity contribution >= 4 is 15.9 Å². The quantitative estimate of drug-likeness (QED) is 0.382. The third-order valence-electron chi connectivity index (χ3n) is 5.41. The van der Waals surface area contributed by atoms with Crippen LogP contribution < -0.4 is 9.47 Å². The summed E-state index contributed by atoms with van der Waals surface area (Å²) in [5.74, 6) is 1.56. The van der Waals surface area contributed by atoms with E-state index in [-0.39, 0.29) is 11.4 Å². The van der Waals surface area contributed by atoms with Gasteiger partial charge in [0.05, 0.1) is 0 Å². The van der Waals surface area contributed by atoms with Crippen molar-refractivity contribution < 1.29 is 13.9 Å². The lowest BCUT2D eigenvalue weighted by atomic mass is 9.88. The second kappa shape index (κ2) is 8.07. The van der Waals surface area contributed by atoms with Gasteiger partial charge in [-0.15, -0.1) is 0 Å².